The lowest BCUT2D eigenvalue weighted by atomic mass is 9.90. The molecule has 0 aromatic carbocycles. The van der Waals surface area contributed by atoms with Crippen molar-refractivity contribution in [3.63, 3.8) is 0 Å². The van der Waals surface area contributed by atoms with Gasteiger partial charge in [-0.3, -0.25) is 0 Å². The summed E-state index contributed by atoms with van der Waals surface area (Å²) in [5, 5.41) is 3.88. The molecule has 2 fully saturated rings. The molecule has 0 spiro atoms. The molecule has 2 aliphatic rings. The van der Waals surface area contributed by atoms with Crippen LogP contribution in [0.25, 0.3) is 0 Å². The first-order chi connectivity index (χ1) is 9.19. The smallest absolute Gasteiger partial charge is 0.0281 e. The Hall–Kier alpha value is 0.270. The van der Waals surface area contributed by atoms with E-state index < -0.39 is 0 Å². The Morgan fingerprint density at radius 2 is 1.89 bits per heavy atom. The summed E-state index contributed by atoms with van der Waals surface area (Å²) in [5.74, 6) is 0.892. The van der Waals surface area contributed by atoms with Crippen molar-refractivity contribution < 1.29 is 0 Å². The van der Waals surface area contributed by atoms with Crippen LogP contribution in [0.2, 0.25) is 0 Å². The van der Waals surface area contributed by atoms with Crippen molar-refractivity contribution in [1.29, 1.82) is 0 Å². The van der Waals surface area contributed by atoms with Gasteiger partial charge in [0.05, 0.1) is 0 Å². The minimum atomic E-state index is 0.554. The van der Waals surface area contributed by atoms with Gasteiger partial charge in [-0.05, 0) is 64.4 Å². The van der Waals surface area contributed by atoms with E-state index in [1.165, 1.54) is 64.7 Å². The third-order valence-electron chi connectivity index (χ3n) is 5.48. The predicted octanol–water partition coefficient (Wildman–Crippen LogP) is 3.37. The van der Waals surface area contributed by atoms with Crippen LogP contribution in [0.3, 0.4) is 0 Å². The standard InChI is InChI=1S/C16H32N2S/c1-4-18-11-7-15(8-12-18)14(2)17-13-16(19-3)9-5-6-10-16/h14-15,17H,4-13H2,1-3H3. The van der Waals surface area contributed by atoms with Crippen LogP contribution in [-0.4, -0.2) is 48.1 Å². The lowest BCUT2D eigenvalue weighted by molar-refractivity contribution is 0.168. The Kier molecular flexibility index (Phi) is 6.04. The quantitative estimate of drug-likeness (QED) is 0.805. The minimum Gasteiger partial charge on any atom is -0.313 e. The van der Waals surface area contributed by atoms with Gasteiger partial charge in [-0.2, -0.15) is 11.8 Å². The van der Waals surface area contributed by atoms with Crippen LogP contribution in [-0.2, 0) is 0 Å². The summed E-state index contributed by atoms with van der Waals surface area (Å²) in [6.07, 6.45) is 10.8. The second-order valence-electron chi connectivity index (χ2n) is 6.54. The summed E-state index contributed by atoms with van der Waals surface area (Å²) in [5.41, 5.74) is 0. The number of nitrogens with zero attached hydrogens (tertiary/aromatic N) is 1. The van der Waals surface area contributed by atoms with Crippen LogP contribution >= 0.6 is 11.8 Å². The summed E-state index contributed by atoms with van der Waals surface area (Å²) in [4.78, 5) is 2.59. The summed E-state index contributed by atoms with van der Waals surface area (Å²) < 4.78 is 0.554. The lowest BCUT2D eigenvalue weighted by Crippen LogP contribution is -2.46. The monoisotopic (exact) mass is 284 g/mol. The van der Waals surface area contributed by atoms with E-state index in [4.69, 9.17) is 0 Å². The van der Waals surface area contributed by atoms with Gasteiger partial charge in [0.25, 0.3) is 0 Å². The van der Waals surface area contributed by atoms with Gasteiger partial charge in [0.15, 0.2) is 0 Å². The van der Waals surface area contributed by atoms with E-state index in [1.807, 2.05) is 0 Å². The van der Waals surface area contributed by atoms with Crippen LogP contribution in [0.4, 0.5) is 0 Å². The maximum atomic E-state index is 3.88. The van der Waals surface area contributed by atoms with E-state index in [0.717, 1.165) is 5.92 Å². The third-order valence-corrected chi connectivity index (χ3v) is 6.90. The molecule has 1 aliphatic heterocycles. The summed E-state index contributed by atoms with van der Waals surface area (Å²) in [6.45, 7) is 9.76. The zero-order chi connectivity index (χ0) is 13.7. The highest BCUT2D eigenvalue weighted by atomic mass is 32.2. The number of rotatable bonds is 6. The first-order valence-electron chi connectivity index (χ1n) is 8.20. The molecule has 112 valence electrons. The molecular weight excluding hydrogens is 252 g/mol. The highest BCUT2D eigenvalue weighted by Gasteiger charge is 2.33. The molecule has 3 heteroatoms. The maximum Gasteiger partial charge on any atom is 0.0281 e. The number of hydrogen-bond donors (Lipinski definition) is 1. The molecule has 1 atom stereocenters. The minimum absolute atomic E-state index is 0.554. The zero-order valence-corrected chi connectivity index (χ0v) is 13.9. The molecule has 1 heterocycles. The van der Waals surface area contributed by atoms with Crippen LogP contribution < -0.4 is 5.32 Å². The Morgan fingerprint density at radius 3 is 2.42 bits per heavy atom. The van der Waals surface area contributed by atoms with Crippen molar-refractivity contribution in [3.05, 3.63) is 0 Å². The molecule has 1 saturated carbocycles. The Bertz CT molecular complexity index is 255. The van der Waals surface area contributed by atoms with Gasteiger partial charge in [0, 0.05) is 17.3 Å². The van der Waals surface area contributed by atoms with Crippen molar-refractivity contribution in [3.8, 4) is 0 Å². The normalized spacial score (nSPS) is 26.7. The first kappa shape index (κ1) is 15.7. The van der Waals surface area contributed by atoms with Gasteiger partial charge in [-0.25, -0.2) is 0 Å². The number of thioether (sulfide) groups is 1. The Labute approximate surface area is 124 Å². The highest BCUT2D eigenvalue weighted by Crippen LogP contribution is 2.39. The fraction of sp³-hybridized carbons (Fsp3) is 1.00. The van der Waals surface area contributed by atoms with Crippen molar-refractivity contribution >= 4 is 11.8 Å². The molecular formula is C16H32N2S. The molecule has 0 aromatic rings. The molecule has 0 aromatic heterocycles. The van der Waals surface area contributed by atoms with Crippen LogP contribution in [0, 0.1) is 5.92 Å². The van der Waals surface area contributed by atoms with E-state index in [9.17, 15) is 0 Å². The molecule has 2 nitrogen and oxygen atoms in total. The second-order valence-corrected chi connectivity index (χ2v) is 7.81. The number of nitrogens with one attached hydrogen (secondary N) is 1. The van der Waals surface area contributed by atoms with E-state index >= 15 is 0 Å². The van der Waals surface area contributed by atoms with Crippen LogP contribution in [0.5, 0.6) is 0 Å². The molecule has 1 saturated heterocycles. The zero-order valence-electron chi connectivity index (χ0n) is 13.1. The van der Waals surface area contributed by atoms with Crippen LogP contribution in [0.1, 0.15) is 52.4 Å². The SMILES string of the molecule is CCN1CCC(C(C)NCC2(SC)CCCC2)CC1. The maximum absolute atomic E-state index is 3.88. The van der Waals surface area contributed by atoms with Gasteiger partial charge >= 0.3 is 0 Å². The van der Waals surface area contributed by atoms with Gasteiger partial charge in [0.1, 0.15) is 0 Å². The van der Waals surface area contributed by atoms with Gasteiger partial charge in [-0.1, -0.05) is 19.8 Å². The van der Waals surface area contributed by atoms with Gasteiger partial charge < -0.3 is 10.2 Å². The lowest BCUT2D eigenvalue weighted by Gasteiger charge is -2.36. The molecule has 1 unspecified atom stereocenters. The highest BCUT2D eigenvalue weighted by molar-refractivity contribution is 8.00. The molecule has 2 rings (SSSR count). The fourth-order valence-electron chi connectivity index (χ4n) is 3.76. The van der Waals surface area contributed by atoms with Crippen LogP contribution in [0.15, 0.2) is 0 Å². The van der Waals surface area contributed by atoms with E-state index in [0.29, 0.717) is 10.8 Å². The largest absolute Gasteiger partial charge is 0.313 e. The number of piperidine rings is 1. The Balaban J connectivity index is 1.73. The van der Waals surface area contributed by atoms with E-state index in [2.05, 4.69) is 42.1 Å². The molecule has 19 heavy (non-hydrogen) atoms. The molecule has 1 aliphatic carbocycles. The number of likely N-dealkylation sites (tertiary alicyclic amines) is 1. The predicted molar refractivity (Wildman–Crippen MR) is 87.0 cm³/mol. The average Bonchev–Trinajstić information content (AvgIpc) is 2.94. The van der Waals surface area contributed by atoms with Crippen molar-refractivity contribution in [2.45, 2.75) is 63.2 Å². The number of hydrogen-bond acceptors (Lipinski definition) is 3. The summed E-state index contributed by atoms with van der Waals surface area (Å²) in [6, 6.07) is 0.698. The van der Waals surface area contributed by atoms with Gasteiger partial charge in [0.2, 0.25) is 0 Å². The summed E-state index contributed by atoms with van der Waals surface area (Å²) >= 11 is 2.10. The third kappa shape index (κ3) is 4.12. The van der Waals surface area contributed by atoms with Crippen molar-refractivity contribution in [1.82, 2.24) is 10.2 Å². The molecule has 1 N–H and O–H groups in total. The fourth-order valence-corrected chi connectivity index (χ4v) is 4.68. The Morgan fingerprint density at radius 1 is 1.26 bits per heavy atom. The molecule has 0 bridgehead atoms. The average molecular weight is 285 g/mol. The van der Waals surface area contributed by atoms with E-state index in [1.54, 1.807) is 0 Å². The topological polar surface area (TPSA) is 15.3 Å². The molecule has 0 radical (unpaired) electrons. The van der Waals surface area contributed by atoms with Crippen molar-refractivity contribution in [2.75, 3.05) is 32.4 Å². The van der Waals surface area contributed by atoms with Crippen molar-refractivity contribution in [2.24, 2.45) is 5.92 Å². The molecule has 0 amide bonds. The first-order valence-corrected chi connectivity index (χ1v) is 9.42. The van der Waals surface area contributed by atoms with E-state index in [-0.39, 0.29) is 0 Å². The second kappa shape index (κ2) is 7.33. The van der Waals surface area contributed by atoms with Gasteiger partial charge in [-0.15, -0.1) is 0 Å². The summed E-state index contributed by atoms with van der Waals surface area (Å²) in [7, 11) is 0.